The third kappa shape index (κ3) is 1.78. The zero-order valence-electron chi connectivity index (χ0n) is 10.6. The van der Waals surface area contributed by atoms with Gasteiger partial charge in [0.15, 0.2) is 5.69 Å². The van der Waals surface area contributed by atoms with Crippen molar-refractivity contribution >= 4 is 5.97 Å². The minimum absolute atomic E-state index is 0.00694. The Morgan fingerprint density at radius 2 is 2.16 bits per heavy atom. The van der Waals surface area contributed by atoms with Gasteiger partial charge in [0.2, 0.25) is 0 Å². The smallest absolute Gasteiger partial charge is 0.356 e. The first kappa shape index (κ1) is 11.8. The topological polar surface area (TPSA) is 75.4 Å². The highest BCUT2D eigenvalue weighted by Gasteiger charge is 2.22. The Labute approximate surface area is 110 Å². The maximum atomic E-state index is 11.0. The van der Waals surface area contributed by atoms with Gasteiger partial charge in [0.05, 0.1) is 5.69 Å². The largest absolute Gasteiger partial charge is 0.507 e. The molecule has 0 fully saturated rings. The molecule has 0 amide bonds. The van der Waals surface area contributed by atoms with Crippen molar-refractivity contribution in [3.05, 3.63) is 35.0 Å². The number of benzene rings is 1. The van der Waals surface area contributed by atoms with Gasteiger partial charge in [-0.3, -0.25) is 4.68 Å². The molecule has 1 aliphatic rings. The Hall–Kier alpha value is -2.30. The van der Waals surface area contributed by atoms with Crippen LogP contribution < -0.4 is 0 Å². The number of aromatic hydroxyl groups is 1. The lowest BCUT2D eigenvalue weighted by atomic mass is 9.99. The molecule has 2 aromatic rings. The van der Waals surface area contributed by atoms with Gasteiger partial charge in [-0.25, -0.2) is 4.79 Å². The third-order valence-electron chi connectivity index (χ3n) is 3.62. The number of phenols is 1. The minimum atomic E-state index is -1.06. The number of hydrogen-bond acceptors (Lipinski definition) is 3. The quantitative estimate of drug-likeness (QED) is 0.863. The maximum absolute atomic E-state index is 11.0. The second-order valence-electron chi connectivity index (χ2n) is 4.79. The van der Waals surface area contributed by atoms with Crippen LogP contribution in [0.5, 0.6) is 5.75 Å². The van der Waals surface area contributed by atoms with E-state index in [-0.39, 0.29) is 11.4 Å². The summed E-state index contributed by atoms with van der Waals surface area (Å²) in [5.74, 6) is -0.880. The highest BCUT2D eigenvalue weighted by atomic mass is 16.4. The van der Waals surface area contributed by atoms with E-state index in [9.17, 15) is 9.90 Å². The van der Waals surface area contributed by atoms with Crippen LogP contribution in [0, 0.1) is 0 Å². The summed E-state index contributed by atoms with van der Waals surface area (Å²) in [6, 6.07) is 5.12. The molecule has 19 heavy (non-hydrogen) atoms. The van der Waals surface area contributed by atoms with E-state index in [1.54, 1.807) is 13.1 Å². The van der Waals surface area contributed by atoms with Crippen LogP contribution in [-0.4, -0.2) is 26.0 Å². The molecule has 0 saturated carbocycles. The molecule has 98 valence electrons. The lowest BCUT2D eigenvalue weighted by molar-refractivity contribution is 0.0689. The number of hydrogen-bond donors (Lipinski definition) is 2. The van der Waals surface area contributed by atoms with Gasteiger partial charge in [-0.2, -0.15) is 5.10 Å². The van der Waals surface area contributed by atoms with Crippen molar-refractivity contribution in [2.24, 2.45) is 7.05 Å². The van der Waals surface area contributed by atoms with Crippen molar-refractivity contribution in [2.45, 2.75) is 19.3 Å². The fourth-order valence-electron chi connectivity index (χ4n) is 2.75. The number of rotatable bonds is 2. The Bertz CT molecular complexity index is 674. The molecule has 1 aliphatic carbocycles. The number of carbonyl (C=O) groups is 1. The molecule has 0 unspecified atom stereocenters. The molecule has 1 heterocycles. The lowest BCUT2D eigenvalue weighted by Crippen LogP contribution is -2.00. The molecular weight excluding hydrogens is 244 g/mol. The first-order valence-corrected chi connectivity index (χ1v) is 6.19. The van der Waals surface area contributed by atoms with Crippen molar-refractivity contribution in [3.8, 4) is 17.0 Å². The molecule has 0 spiro atoms. The number of fused-ring (bicyclic) bond motifs is 1. The van der Waals surface area contributed by atoms with Crippen molar-refractivity contribution in [1.29, 1.82) is 0 Å². The van der Waals surface area contributed by atoms with Crippen LogP contribution in [0.4, 0.5) is 0 Å². The monoisotopic (exact) mass is 258 g/mol. The van der Waals surface area contributed by atoms with Gasteiger partial charge in [-0.1, -0.05) is 6.07 Å². The minimum Gasteiger partial charge on any atom is -0.507 e. The fraction of sp³-hybridized carbons (Fsp3) is 0.286. The van der Waals surface area contributed by atoms with E-state index in [1.807, 2.05) is 6.07 Å². The van der Waals surface area contributed by atoms with Crippen LogP contribution >= 0.6 is 0 Å². The predicted octanol–water partition coefficient (Wildman–Crippen LogP) is 1.98. The molecule has 5 nitrogen and oxygen atoms in total. The Morgan fingerprint density at radius 3 is 2.84 bits per heavy atom. The SMILES string of the molecule is Cn1nc(C(=O)O)cc1-c1c(O)ccc2c1CCC2. The number of aromatic nitrogens is 2. The van der Waals surface area contributed by atoms with Gasteiger partial charge in [0, 0.05) is 12.6 Å². The number of aryl methyl sites for hydroxylation is 2. The van der Waals surface area contributed by atoms with Crippen LogP contribution in [0.25, 0.3) is 11.3 Å². The number of aromatic carboxylic acids is 1. The fourth-order valence-corrected chi connectivity index (χ4v) is 2.75. The van der Waals surface area contributed by atoms with Gasteiger partial charge in [-0.15, -0.1) is 0 Å². The Morgan fingerprint density at radius 1 is 1.37 bits per heavy atom. The predicted molar refractivity (Wildman–Crippen MR) is 69.3 cm³/mol. The van der Waals surface area contributed by atoms with Gasteiger partial charge < -0.3 is 10.2 Å². The standard InChI is InChI=1S/C14H14N2O3/c1-16-11(7-10(15-16)14(18)19)13-9-4-2-3-8(9)5-6-12(13)17/h5-7,17H,2-4H2,1H3,(H,18,19). The summed E-state index contributed by atoms with van der Waals surface area (Å²) in [5, 5.41) is 23.1. The molecule has 5 heteroatoms. The molecule has 0 saturated heterocycles. The normalized spacial score (nSPS) is 13.5. The van der Waals surface area contributed by atoms with E-state index in [0.717, 1.165) is 30.4 Å². The molecule has 2 N–H and O–H groups in total. The van der Waals surface area contributed by atoms with E-state index < -0.39 is 5.97 Å². The molecule has 0 aliphatic heterocycles. The summed E-state index contributed by atoms with van der Waals surface area (Å²) in [6.45, 7) is 0. The molecule has 0 radical (unpaired) electrons. The molecule has 1 aromatic carbocycles. The summed E-state index contributed by atoms with van der Waals surface area (Å²) in [6.07, 6.45) is 2.98. The van der Waals surface area contributed by atoms with E-state index in [2.05, 4.69) is 5.10 Å². The average molecular weight is 258 g/mol. The van der Waals surface area contributed by atoms with E-state index >= 15 is 0 Å². The second kappa shape index (κ2) is 4.12. The molecule has 0 atom stereocenters. The summed E-state index contributed by atoms with van der Waals surface area (Å²) >= 11 is 0. The molecule has 3 rings (SSSR count). The van der Waals surface area contributed by atoms with Crippen LogP contribution in [0.2, 0.25) is 0 Å². The lowest BCUT2D eigenvalue weighted by Gasteiger charge is -2.10. The maximum Gasteiger partial charge on any atom is 0.356 e. The van der Waals surface area contributed by atoms with E-state index in [0.29, 0.717) is 5.69 Å². The molecule has 1 aromatic heterocycles. The number of phenolic OH excluding ortho intramolecular Hbond substituents is 1. The average Bonchev–Trinajstić information content (AvgIpc) is 2.96. The van der Waals surface area contributed by atoms with E-state index in [1.165, 1.54) is 16.3 Å². The van der Waals surface area contributed by atoms with Crippen molar-refractivity contribution in [3.63, 3.8) is 0 Å². The summed E-state index contributed by atoms with van der Waals surface area (Å²) in [4.78, 5) is 11.0. The number of carboxylic acids is 1. The molecular formula is C14H14N2O3. The van der Waals surface area contributed by atoms with Gasteiger partial charge in [0.1, 0.15) is 5.75 Å². The van der Waals surface area contributed by atoms with E-state index in [4.69, 9.17) is 5.11 Å². The second-order valence-corrected chi connectivity index (χ2v) is 4.79. The van der Waals surface area contributed by atoms with Crippen molar-refractivity contribution < 1.29 is 15.0 Å². The first-order chi connectivity index (χ1) is 9.08. The third-order valence-corrected chi connectivity index (χ3v) is 3.62. The van der Waals surface area contributed by atoms with Crippen molar-refractivity contribution in [2.75, 3.05) is 0 Å². The highest BCUT2D eigenvalue weighted by molar-refractivity contribution is 5.88. The van der Waals surface area contributed by atoms with Crippen molar-refractivity contribution in [1.82, 2.24) is 9.78 Å². The van der Waals surface area contributed by atoms with Crippen LogP contribution in [-0.2, 0) is 19.9 Å². The van der Waals surface area contributed by atoms with Crippen LogP contribution in [0.1, 0.15) is 28.0 Å². The highest BCUT2D eigenvalue weighted by Crippen LogP contribution is 2.38. The van der Waals surface area contributed by atoms with Crippen LogP contribution in [0.3, 0.4) is 0 Å². The zero-order valence-corrected chi connectivity index (χ0v) is 10.6. The number of nitrogens with zero attached hydrogens (tertiary/aromatic N) is 2. The number of carboxylic acid groups (broad SMARTS) is 1. The molecule has 0 bridgehead atoms. The Kier molecular flexibility index (Phi) is 2.55. The Balaban J connectivity index is 2.22. The van der Waals surface area contributed by atoms with Gasteiger partial charge in [0.25, 0.3) is 0 Å². The summed E-state index contributed by atoms with van der Waals surface area (Å²) in [7, 11) is 1.69. The van der Waals surface area contributed by atoms with Gasteiger partial charge in [-0.05, 0) is 42.5 Å². The first-order valence-electron chi connectivity index (χ1n) is 6.19. The van der Waals surface area contributed by atoms with Gasteiger partial charge >= 0.3 is 5.97 Å². The summed E-state index contributed by atoms with van der Waals surface area (Å²) < 4.78 is 1.51. The summed E-state index contributed by atoms with van der Waals surface area (Å²) in [5.41, 5.74) is 3.70. The zero-order chi connectivity index (χ0) is 13.6. The van der Waals surface area contributed by atoms with Crippen LogP contribution in [0.15, 0.2) is 18.2 Å².